The van der Waals surface area contributed by atoms with E-state index in [1.807, 2.05) is 7.11 Å². The van der Waals surface area contributed by atoms with E-state index in [9.17, 15) is 0 Å². The van der Waals surface area contributed by atoms with E-state index in [-0.39, 0.29) is 0 Å². The Kier molecular flexibility index (Phi) is 3.18. The van der Waals surface area contributed by atoms with Gasteiger partial charge in [0.15, 0.2) is 0 Å². The van der Waals surface area contributed by atoms with Crippen molar-refractivity contribution in [3.05, 3.63) is 0 Å². The molecule has 3 nitrogen and oxygen atoms in total. The normalized spacial score (nSPS) is 37.3. The molecule has 0 aromatic rings. The Balaban J connectivity index is 1.35. The van der Waals surface area contributed by atoms with Gasteiger partial charge in [-0.1, -0.05) is 0 Å². The molecule has 0 aromatic heterocycles. The summed E-state index contributed by atoms with van der Waals surface area (Å²) in [6, 6.07) is 2.47. The maximum atomic E-state index is 5.31. The molecule has 3 rings (SSSR count). The van der Waals surface area contributed by atoms with Crippen LogP contribution in [0.15, 0.2) is 0 Å². The minimum atomic E-state index is 0.532. The van der Waals surface area contributed by atoms with Crippen LogP contribution in [0.3, 0.4) is 0 Å². The summed E-state index contributed by atoms with van der Waals surface area (Å²) in [5, 5.41) is 3.79. The first-order valence-electron chi connectivity index (χ1n) is 6.88. The van der Waals surface area contributed by atoms with Gasteiger partial charge in [0.05, 0.1) is 6.10 Å². The van der Waals surface area contributed by atoms with Crippen LogP contribution in [-0.4, -0.2) is 49.3 Å². The highest BCUT2D eigenvalue weighted by Crippen LogP contribution is 2.30. The zero-order valence-electron chi connectivity index (χ0n) is 10.3. The molecule has 3 heteroatoms. The number of nitrogens with one attached hydrogen (secondary N) is 1. The fraction of sp³-hybridized carbons (Fsp3) is 1.00. The van der Waals surface area contributed by atoms with Gasteiger partial charge in [-0.05, 0) is 51.6 Å². The monoisotopic (exact) mass is 224 g/mol. The van der Waals surface area contributed by atoms with E-state index in [0.717, 1.165) is 18.1 Å². The van der Waals surface area contributed by atoms with Crippen molar-refractivity contribution in [1.82, 2.24) is 10.2 Å². The van der Waals surface area contributed by atoms with Gasteiger partial charge < -0.3 is 15.0 Å². The number of nitrogens with zero attached hydrogens (tertiary/aromatic N) is 1. The zero-order valence-corrected chi connectivity index (χ0v) is 10.3. The fourth-order valence-electron chi connectivity index (χ4n) is 3.10. The molecule has 1 aliphatic heterocycles. The molecule has 1 saturated heterocycles. The third-order valence-electron chi connectivity index (χ3n) is 4.49. The second-order valence-electron chi connectivity index (χ2n) is 5.73. The second-order valence-corrected chi connectivity index (χ2v) is 5.73. The van der Waals surface area contributed by atoms with Crippen LogP contribution >= 0.6 is 0 Å². The molecular formula is C13H24N2O. The summed E-state index contributed by atoms with van der Waals surface area (Å²) in [5.74, 6) is 0. The summed E-state index contributed by atoms with van der Waals surface area (Å²) in [5.41, 5.74) is 0. The van der Waals surface area contributed by atoms with Crippen molar-refractivity contribution in [3.63, 3.8) is 0 Å². The van der Waals surface area contributed by atoms with Crippen LogP contribution in [0, 0.1) is 0 Å². The van der Waals surface area contributed by atoms with Crippen LogP contribution in [0.4, 0.5) is 0 Å². The Morgan fingerprint density at radius 3 is 2.25 bits per heavy atom. The SMILES string of the molecule is COC1CC(NC2CCN(C3CC3)CC2)C1. The van der Waals surface area contributed by atoms with Crippen LogP contribution in [-0.2, 0) is 4.74 Å². The van der Waals surface area contributed by atoms with Crippen molar-refractivity contribution >= 4 is 0 Å². The van der Waals surface area contributed by atoms with Crippen LogP contribution in [0.1, 0.15) is 38.5 Å². The van der Waals surface area contributed by atoms with E-state index in [1.54, 1.807) is 0 Å². The lowest BCUT2D eigenvalue weighted by molar-refractivity contribution is 0.0112. The summed E-state index contributed by atoms with van der Waals surface area (Å²) in [4.78, 5) is 2.69. The molecule has 16 heavy (non-hydrogen) atoms. The molecule has 0 aromatic carbocycles. The molecule has 1 N–H and O–H groups in total. The van der Waals surface area contributed by atoms with Crippen molar-refractivity contribution in [3.8, 4) is 0 Å². The van der Waals surface area contributed by atoms with Crippen molar-refractivity contribution < 1.29 is 4.74 Å². The van der Waals surface area contributed by atoms with E-state index in [1.165, 1.54) is 51.6 Å². The molecule has 0 bridgehead atoms. The first-order chi connectivity index (χ1) is 7.85. The van der Waals surface area contributed by atoms with Gasteiger partial charge in [-0.2, -0.15) is 0 Å². The average molecular weight is 224 g/mol. The van der Waals surface area contributed by atoms with E-state index in [2.05, 4.69) is 10.2 Å². The largest absolute Gasteiger partial charge is 0.381 e. The second kappa shape index (κ2) is 4.63. The zero-order chi connectivity index (χ0) is 11.0. The smallest absolute Gasteiger partial charge is 0.0601 e. The number of likely N-dealkylation sites (tertiary alicyclic amines) is 1. The first-order valence-corrected chi connectivity index (χ1v) is 6.88. The Morgan fingerprint density at radius 2 is 1.69 bits per heavy atom. The summed E-state index contributed by atoms with van der Waals surface area (Å²) < 4.78 is 5.31. The molecule has 92 valence electrons. The molecule has 0 amide bonds. The van der Waals surface area contributed by atoms with Crippen molar-refractivity contribution in [2.24, 2.45) is 0 Å². The molecular weight excluding hydrogens is 200 g/mol. The van der Waals surface area contributed by atoms with Crippen LogP contribution in [0.2, 0.25) is 0 Å². The highest BCUT2D eigenvalue weighted by Gasteiger charge is 2.34. The summed E-state index contributed by atoms with van der Waals surface area (Å²) in [6.45, 7) is 2.64. The third kappa shape index (κ3) is 2.41. The van der Waals surface area contributed by atoms with Gasteiger partial charge in [-0.15, -0.1) is 0 Å². The van der Waals surface area contributed by atoms with Gasteiger partial charge in [0.2, 0.25) is 0 Å². The number of ether oxygens (including phenoxy) is 1. The highest BCUT2D eigenvalue weighted by atomic mass is 16.5. The lowest BCUT2D eigenvalue weighted by atomic mass is 9.88. The van der Waals surface area contributed by atoms with E-state index in [0.29, 0.717) is 6.10 Å². The lowest BCUT2D eigenvalue weighted by Crippen LogP contribution is -2.52. The number of rotatable bonds is 4. The Hall–Kier alpha value is -0.120. The minimum Gasteiger partial charge on any atom is -0.381 e. The number of hydrogen-bond acceptors (Lipinski definition) is 3. The molecule has 2 aliphatic carbocycles. The standard InChI is InChI=1S/C13H24N2O/c1-16-13-8-11(9-13)14-10-4-6-15(7-5-10)12-2-3-12/h10-14H,2-9H2,1H3. The highest BCUT2D eigenvalue weighted by molar-refractivity contribution is 4.92. The molecule has 3 fully saturated rings. The van der Waals surface area contributed by atoms with Crippen LogP contribution in [0.5, 0.6) is 0 Å². The third-order valence-corrected chi connectivity index (χ3v) is 4.49. The predicted octanol–water partition coefficient (Wildman–Crippen LogP) is 1.38. The van der Waals surface area contributed by atoms with Crippen LogP contribution < -0.4 is 5.32 Å². The average Bonchev–Trinajstić information content (AvgIpc) is 3.07. The summed E-state index contributed by atoms with van der Waals surface area (Å²) >= 11 is 0. The van der Waals surface area contributed by atoms with Crippen LogP contribution in [0.25, 0.3) is 0 Å². The quantitative estimate of drug-likeness (QED) is 0.781. The predicted molar refractivity (Wildman–Crippen MR) is 64.6 cm³/mol. The molecule has 2 saturated carbocycles. The van der Waals surface area contributed by atoms with Crippen molar-refractivity contribution in [1.29, 1.82) is 0 Å². The molecule has 3 aliphatic rings. The van der Waals surface area contributed by atoms with E-state index < -0.39 is 0 Å². The van der Waals surface area contributed by atoms with Gasteiger partial charge in [0.1, 0.15) is 0 Å². The Bertz CT molecular complexity index is 228. The fourth-order valence-corrected chi connectivity index (χ4v) is 3.10. The Labute approximate surface area is 98.5 Å². The molecule has 0 unspecified atom stereocenters. The van der Waals surface area contributed by atoms with Gasteiger partial charge in [-0.25, -0.2) is 0 Å². The molecule has 1 heterocycles. The molecule has 0 spiro atoms. The lowest BCUT2D eigenvalue weighted by Gasteiger charge is -2.40. The van der Waals surface area contributed by atoms with Gasteiger partial charge in [0, 0.05) is 25.2 Å². The van der Waals surface area contributed by atoms with Gasteiger partial charge >= 0.3 is 0 Å². The number of hydrogen-bond donors (Lipinski definition) is 1. The van der Waals surface area contributed by atoms with Crippen molar-refractivity contribution in [2.75, 3.05) is 20.2 Å². The van der Waals surface area contributed by atoms with Gasteiger partial charge in [-0.3, -0.25) is 0 Å². The summed E-state index contributed by atoms with van der Waals surface area (Å²) in [7, 11) is 1.83. The maximum absolute atomic E-state index is 5.31. The molecule has 0 atom stereocenters. The topological polar surface area (TPSA) is 24.5 Å². The number of piperidine rings is 1. The Morgan fingerprint density at radius 1 is 1.00 bits per heavy atom. The molecule has 0 radical (unpaired) electrons. The van der Waals surface area contributed by atoms with Crippen molar-refractivity contribution in [2.45, 2.75) is 62.8 Å². The maximum Gasteiger partial charge on any atom is 0.0601 e. The first kappa shape index (κ1) is 11.0. The van der Waals surface area contributed by atoms with E-state index in [4.69, 9.17) is 4.74 Å². The van der Waals surface area contributed by atoms with Gasteiger partial charge in [0.25, 0.3) is 0 Å². The summed E-state index contributed by atoms with van der Waals surface area (Å²) in [6.07, 6.45) is 8.59. The number of methoxy groups -OCH3 is 1. The van der Waals surface area contributed by atoms with E-state index >= 15 is 0 Å². The minimum absolute atomic E-state index is 0.532.